The Bertz CT molecular complexity index is 1160. The molecule has 0 bridgehead atoms. The number of aryl methyl sites for hydroxylation is 1. The second-order valence-electron chi connectivity index (χ2n) is 5.97. The van der Waals surface area contributed by atoms with Gasteiger partial charge in [0.2, 0.25) is 0 Å². The zero-order valence-corrected chi connectivity index (χ0v) is 16.4. The standard InChI is InChI=1S/C19H15N5O2S2/c1-10-12(4-5-13(22-10)16-3-2-6-27-16)18(26)24-19-23-15(9-28-19)11-7-14(17(20)25)21-8-11/h2-9,21H,1H3,(H2,20,25)(H,23,24,26). The van der Waals surface area contributed by atoms with Gasteiger partial charge in [-0.1, -0.05) is 6.07 Å². The van der Waals surface area contributed by atoms with Crippen LogP contribution in [0.2, 0.25) is 0 Å². The van der Waals surface area contributed by atoms with Gasteiger partial charge >= 0.3 is 0 Å². The zero-order valence-electron chi connectivity index (χ0n) is 14.7. The molecule has 2 amide bonds. The molecule has 0 aliphatic heterocycles. The van der Waals surface area contributed by atoms with Gasteiger partial charge in [0.05, 0.1) is 27.5 Å². The Kier molecular flexibility index (Phi) is 4.76. The number of amides is 2. The minimum Gasteiger partial charge on any atom is -0.364 e. The van der Waals surface area contributed by atoms with Crippen molar-refractivity contribution in [3.05, 3.63) is 64.2 Å². The highest BCUT2D eigenvalue weighted by Gasteiger charge is 2.15. The number of anilines is 1. The quantitative estimate of drug-likeness (QED) is 0.463. The van der Waals surface area contributed by atoms with Gasteiger partial charge in [0.25, 0.3) is 11.8 Å². The molecular weight excluding hydrogens is 394 g/mol. The molecule has 0 atom stereocenters. The third-order valence-corrected chi connectivity index (χ3v) is 5.72. The van der Waals surface area contributed by atoms with Crippen LogP contribution >= 0.6 is 22.7 Å². The largest absolute Gasteiger partial charge is 0.364 e. The highest BCUT2D eigenvalue weighted by Crippen LogP contribution is 2.27. The molecular formula is C19H15N5O2S2. The number of H-pyrrole nitrogens is 1. The Morgan fingerprint density at radius 1 is 1.14 bits per heavy atom. The first-order valence-corrected chi connectivity index (χ1v) is 10.0. The molecule has 28 heavy (non-hydrogen) atoms. The van der Waals surface area contributed by atoms with E-state index in [1.54, 1.807) is 35.0 Å². The molecule has 0 aliphatic carbocycles. The summed E-state index contributed by atoms with van der Waals surface area (Å²) in [5.41, 5.74) is 8.91. The number of hydrogen-bond acceptors (Lipinski definition) is 6. The zero-order chi connectivity index (χ0) is 19.7. The number of hydrogen-bond donors (Lipinski definition) is 3. The molecule has 0 aliphatic rings. The molecule has 4 aromatic heterocycles. The van der Waals surface area contributed by atoms with Crippen molar-refractivity contribution in [2.45, 2.75) is 6.92 Å². The van der Waals surface area contributed by atoms with E-state index in [-0.39, 0.29) is 5.91 Å². The van der Waals surface area contributed by atoms with Gasteiger partial charge in [-0.25, -0.2) is 4.98 Å². The molecule has 7 nitrogen and oxygen atoms in total. The van der Waals surface area contributed by atoms with Gasteiger partial charge in [-0.05, 0) is 36.6 Å². The summed E-state index contributed by atoms with van der Waals surface area (Å²) in [7, 11) is 0. The molecule has 9 heteroatoms. The van der Waals surface area contributed by atoms with Crippen LogP contribution in [-0.2, 0) is 0 Å². The van der Waals surface area contributed by atoms with Crippen LogP contribution in [0.15, 0.2) is 47.3 Å². The molecule has 140 valence electrons. The maximum absolute atomic E-state index is 12.6. The lowest BCUT2D eigenvalue weighted by Gasteiger charge is -2.06. The monoisotopic (exact) mass is 409 g/mol. The van der Waals surface area contributed by atoms with Crippen molar-refractivity contribution in [3.63, 3.8) is 0 Å². The molecule has 0 radical (unpaired) electrons. The lowest BCUT2D eigenvalue weighted by atomic mass is 10.1. The molecule has 4 N–H and O–H groups in total. The average Bonchev–Trinajstić information content (AvgIpc) is 3.42. The summed E-state index contributed by atoms with van der Waals surface area (Å²) < 4.78 is 0. The van der Waals surface area contributed by atoms with E-state index < -0.39 is 5.91 Å². The second kappa shape index (κ2) is 7.37. The van der Waals surface area contributed by atoms with E-state index in [2.05, 4.69) is 20.3 Å². The maximum atomic E-state index is 12.6. The fourth-order valence-corrected chi connectivity index (χ4v) is 4.09. The number of carbonyl (C=O) groups excluding carboxylic acids is 2. The third-order valence-electron chi connectivity index (χ3n) is 4.07. The number of carbonyl (C=O) groups is 2. The van der Waals surface area contributed by atoms with Crippen molar-refractivity contribution in [1.82, 2.24) is 15.0 Å². The Morgan fingerprint density at radius 2 is 2.00 bits per heavy atom. The number of pyridine rings is 1. The summed E-state index contributed by atoms with van der Waals surface area (Å²) in [4.78, 5) is 36.6. The van der Waals surface area contributed by atoms with Crippen LogP contribution in [0.4, 0.5) is 5.13 Å². The summed E-state index contributed by atoms with van der Waals surface area (Å²) in [6.07, 6.45) is 1.65. The second-order valence-corrected chi connectivity index (χ2v) is 7.77. The van der Waals surface area contributed by atoms with E-state index in [0.29, 0.717) is 27.8 Å². The Hall–Kier alpha value is -3.30. The number of aromatic amines is 1. The van der Waals surface area contributed by atoms with Crippen molar-refractivity contribution in [2.24, 2.45) is 5.73 Å². The van der Waals surface area contributed by atoms with Crippen LogP contribution < -0.4 is 11.1 Å². The number of thiazole rings is 1. The third kappa shape index (κ3) is 3.57. The number of aromatic nitrogens is 3. The predicted molar refractivity (Wildman–Crippen MR) is 111 cm³/mol. The summed E-state index contributed by atoms with van der Waals surface area (Å²) >= 11 is 2.90. The topological polar surface area (TPSA) is 114 Å². The predicted octanol–water partition coefficient (Wildman–Crippen LogP) is 3.92. The average molecular weight is 409 g/mol. The molecule has 0 spiro atoms. The lowest BCUT2D eigenvalue weighted by molar-refractivity contribution is 0.0993. The normalized spacial score (nSPS) is 10.8. The highest BCUT2D eigenvalue weighted by molar-refractivity contribution is 7.14. The van der Waals surface area contributed by atoms with Crippen LogP contribution in [0.3, 0.4) is 0 Å². The van der Waals surface area contributed by atoms with E-state index in [1.165, 1.54) is 11.3 Å². The first-order chi connectivity index (χ1) is 13.5. The number of rotatable bonds is 5. The van der Waals surface area contributed by atoms with E-state index in [9.17, 15) is 9.59 Å². The molecule has 4 rings (SSSR count). The van der Waals surface area contributed by atoms with Crippen LogP contribution in [-0.4, -0.2) is 26.8 Å². The Labute approximate surface area is 168 Å². The first kappa shape index (κ1) is 18.1. The minimum absolute atomic E-state index is 0.268. The fourth-order valence-electron chi connectivity index (χ4n) is 2.68. The summed E-state index contributed by atoms with van der Waals surface area (Å²) in [5.74, 6) is -0.806. The Morgan fingerprint density at radius 3 is 2.68 bits per heavy atom. The summed E-state index contributed by atoms with van der Waals surface area (Å²) in [6.45, 7) is 1.81. The van der Waals surface area contributed by atoms with Crippen LogP contribution in [0.5, 0.6) is 0 Å². The number of thiophene rings is 1. The minimum atomic E-state index is -0.538. The first-order valence-electron chi connectivity index (χ1n) is 8.28. The highest BCUT2D eigenvalue weighted by atomic mass is 32.1. The van der Waals surface area contributed by atoms with Gasteiger partial charge in [-0.15, -0.1) is 22.7 Å². The smallest absolute Gasteiger partial charge is 0.265 e. The van der Waals surface area contributed by atoms with Gasteiger partial charge < -0.3 is 10.7 Å². The number of nitrogens with zero attached hydrogens (tertiary/aromatic N) is 2. The fraction of sp³-hybridized carbons (Fsp3) is 0.0526. The number of nitrogens with two attached hydrogens (primary N) is 1. The van der Waals surface area contributed by atoms with E-state index in [0.717, 1.165) is 16.1 Å². The van der Waals surface area contributed by atoms with E-state index in [1.807, 2.05) is 30.5 Å². The van der Waals surface area contributed by atoms with E-state index >= 15 is 0 Å². The van der Waals surface area contributed by atoms with Crippen LogP contribution in [0.25, 0.3) is 21.8 Å². The van der Waals surface area contributed by atoms with Crippen molar-refractivity contribution in [3.8, 4) is 21.8 Å². The lowest BCUT2D eigenvalue weighted by Crippen LogP contribution is -2.14. The SMILES string of the molecule is Cc1nc(-c2cccs2)ccc1C(=O)Nc1nc(-c2c[nH]c(C(N)=O)c2)cs1. The van der Waals surface area contributed by atoms with Crippen molar-refractivity contribution in [1.29, 1.82) is 0 Å². The van der Waals surface area contributed by atoms with Crippen LogP contribution in [0, 0.1) is 6.92 Å². The van der Waals surface area contributed by atoms with Gasteiger partial charge in [0.15, 0.2) is 5.13 Å². The van der Waals surface area contributed by atoms with Crippen molar-refractivity contribution in [2.75, 3.05) is 5.32 Å². The molecule has 0 unspecified atom stereocenters. The summed E-state index contributed by atoms with van der Waals surface area (Å²) in [5, 5.41) is 7.05. The molecule has 0 fully saturated rings. The van der Waals surface area contributed by atoms with Crippen molar-refractivity contribution < 1.29 is 9.59 Å². The Balaban J connectivity index is 1.51. The molecule has 0 aromatic carbocycles. The molecule has 0 saturated heterocycles. The maximum Gasteiger partial charge on any atom is 0.265 e. The molecule has 4 aromatic rings. The number of primary amides is 1. The van der Waals surface area contributed by atoms with Crippen LogP contribution in [0.1, 0.15) is 26.5 Å². The summed E-state index contributed by atoms with van der Waals surface area (Å²) in [6, 6.07) is 9.20. The number of nitrogens with one attached hydrogen (secondary N) is 2. The van der Waals surface area contributed by atoms with Gasteiger partial charge in [0, 0.05) is 17.1 Å². The van der Waals surface area contributed by atoms with Crippen molar-refractivity contribution >= 4 is 39.6 Å². The van der Waals surface area contributed by atoms with Gasteiger partial charge in [0.1, 0.15) is 5.69 Å². The van der Waals surface area contributed by atoms with E-state index in [4.69, 9.17) is 5.73 Å². The molecule has 4 heterocycles. The molecule has 0 saturated carbocycles. The van der Waals surface area contributed by atoms with Gasteiger partial charge in [-0.2, -0.15) is 0 Å². The van der Waals surface area contributed by atoms with Gasteiger partial charge in [-0.3, -0.25) is 19.9 Å².